The fourth-order valence-electron chi connectivity index (χ4n) is 3.47. The highest BCUT2D eigenvalue weighted by molar-refractivity contribution is 7.77. The number of oxime groups is 1. The van der Waals surface area contributed by atoms with Gasteiger partial charge in [-0.3, -0.25) is 27.7 Å². The molecule has 0 radical (unpaired) electrons. The van der Waals surface area contributed by atoms with E-state index in [2.05, 4.69) is 31.1 Å². The zero-order valence-electron chi connectivity index (χ0n) is 22.3. The number of nitrogens with one attached hydrogen (secondary N) is 4. The SMILES string of the molecule is CC(CNCC1C(NC(=O)C(=NOC(C)(C)C(=O)O)c2csc(N)n2)C(=O)N1S(=O)[O-])NC(=O)c1cc(=O)c(O)c[nH]1. The van der Waals surface area contributed by atoms with E-state index >= 15 is 0 Å². The summed E-state index contributed by atoms with van der Waals surface area (Å²) >= 11 is -2.00. The monoisotopic (exact) mass is 627 g/mol. The number of aliphatic carboxylic acids is 1. The summed E-state index contributed by atoms with van der Waals surface area (Å²) in [5.41, 5.74) is 2.39. The molecule has 3 rings (SSSR count). The standard InChI is InChI=1S/C22H28N8O10S2/c1-9(26-17(33)10-4-13(31)14(32)7-25-10)5-24-6-12-16(19(35)30(12)42(38)39)28-18(34)15(11-8-41-21(23)27-11)29-40-22(2,3)20(36)37/h4,7-9,12,16,24,32H,5-6H2,1-3H3,(H2,23,27)(H,25,31)(H,26,33)(H,28,34)(H,36,37)(H,38,39)/p-1. The number of carboxylic acid groups (broad SMARTS) is 1. The molecular formula is C22H27N8O10S2-. The lowest BCUT2D eigenvalue weighted by Crippen LogP contribution is -2.73. The minimum absolute atomic E-state index is 0.0655. The van der Waals surface area contributed by atoms with Crippen LogP contribution >= 0.6 is 11.3 Å². The molecule has 0 spiro atoms. The van der Waals surface area contributed by atoms with E-state index in [4.69, 9.17) is 10.6 Å². The molecule has 3 amide bonds. The van der Waals surface area contributed by atoms with Gasteiger partial charge in [-0.25, -0.2) is 9.78 Å². The normalized spacial score (nSPS) is 18.5. The lowest BCUT2D eigenvalue weighted by atomic mass is 9.98. The van der Waals surface area contributed by atoms with E-state index in [0.29, 0.717) is 4.31 Å². The van der Waals surface area contributed by atoms with Crippen LogP contribution in [-0.2, 0) is 30.5 Å². The molecule has 18 nitrogen and oxygen atoms in total. The second kappa shape index (κ2) is 13.1. The molecule has 1 saturated heterocycles. The first-order valence-electron chi connectivity index (χ1n) is 12.0. The number of aromatic amines is 1. The molecule has 42 heavy (non-hydrogen) atoms. The van der Waals surface area contributed by atoms with Gasteiger partial charge in [-0.2, -0.15) is 0 Å². The van der Waals surface area contributed by atoms with Gasteiger partial charge >= 0.3 is 5.97 Å². The van der Waals surface area contributed by atoms with Crippen molar-refractivity contribution in [1.29, 1.82) is 0 Å². The number of carbonyl (C=O) groups is 4. The van der Waals surface area contributed by atoms with Crippen LogP contribution in [0, 0.1) is 0 Å². The van der Waals surface area contributed by atoms with Gasteiger partial charge < -0.3 is 46.3 Å². The molecule has 1 aliphatic heterocycles. The molecule has 0 saturated carbocycles. The van der Waals surface area contributed by atoms with E-state index in [1.165, 1.54) is 19.2 Å². The fourth-order valence-corrected chi connectivity index (χ4v) is 4.69. The van der Waals surface area contributed by atoms with Crippen LogP contribution in [0.15, 0.2) is 27.6 Å². The second-order valence-electron chi connectivity index (χ2n) is 9.45. The van der Waals surface area contributed by atoms with Crippen molar-refractivity contribution in [2.75, 3.05) is 18.8 Å². The van der Waals surface area contributed by atoms with Crippen molar-refractivity contribution in [2.24, 2.45) is 5.16 Å². The largest absolute Gasteiger partial charge is 0.755 e. The Bertz CT molecular complexity index is 1490. The highest BCUT2D eigenvalue weighted by Gasteiger charge is 2.49. The zero-order valence-corrected chi connectivity index (χ0v) is 23.9. The Morgan fingerprint density at radius 2 is 2.07 bits per heavy atom. The third-order valence-electron chi connectivity index (χ3n) is 5.79. The Balaban J connectivity index is 1.67. The van der Waals surface area contributed by atoms with Gasteiger partial charge in [0, 0.05) is 36.8 Å². The van der Waals surface area contributed by atoms with Crippen LogP contribution in [0.5, 0.6) is 5.75 Å². The molecular weight excluding hydrogens is 600 g/mol. The Labute approximate surface area is 243 Å². The van der Waals surface area contributed by atoms with Gasteiger partial charge in [0.2, 0.25) is 11.0 Å². The number of anilines is 1. The molecule has 0 aromatic carbocycles. The number of aromatic hydroxyl groups is 1. The number of hydrogen-bond donors (Lipinski definition) is 7. The fraction of sp³-hybridized carbons (Fsp3) is 0.409. The maximum Gasteiger partial charge on any atom is 0.350 e. The van der Waals surface area contributed by atoms with Crippen molar-refractivity contribution in [3.05, 3.63) is 39.3 Å². The summed E-state index contributed by atoms with van der Waals surface area (Å²) in [7, 11) is 0. The topological polar surface area (TPSA) is 282 Å². The van der Waals surface area contributed by atoms with Crippen molar-refractivity contribution in [3.8, 4) is 5.75 Å². The number of thiazole rings is 1. The molecule has 3 heterocycles. The zero-order chi connectivity index (χ0) is 31.4. The van der Waals surface area contributed by atoms with Crippen LogP contribution in [0.1, 0.15) is 37.0 Å². The van der Waals surface area contributed by atoms with E-state index in [9.17, 15) is 42.9 Å². The maximum atomic E-state index is 13.1. The summed E-state index contributed by atoms with van der Waals surface area (Å²) in [5.74, 6) is -4.52. The Morgan fingerprint density at radius 1 is 1.38 bits per heavy atom. The molecule has 228 valence electrons. The summed E-state index contributed by atoms with van der Waals surface area (Å²) in [6.07, 6.45) is 0.971. The number of nitrogens with zero attached hydrogens (tertiary/aromatic N) is 3. The van der Waals surface area contributed by atoms with Gasteiger partial charge in [0.05, 0.1) is 17.3 Å². The molecule has 4 unspecified atom stereocenters. The summed E-state index contributed by atoms with van der Waals surface area (Å²) < 4.78 is 23.8. The van der Waals surface area contributed by atoms with Crippen molar-refractivity contribution in [2.45, 2.75) is 44.5 Å². The van der Waals surface area contributed by atoms with Crippen molar-refractivity contribution in [3.63, 3.8) is 0 Å². The van der Waals surface area contributed by atoms with Gasteiger partial charge in [-0.15, -0.1) is 11.3 Å². The highest BCUT2D eigenvalue weighted by Crippen LogP contribution is 2.22. The number of carbonyl (C=O) groups excluding carboxylic acids is 3. The van der Waals surface area contributed by atoms with Crippen LogP contribution in [0.2, 0.25) is 0 Å². The predicted octanol–water partition coefficient (Wildman–Crippen LogP) is -2.40. The first-order chi connectivity index (χ1) is 19.6. The molecule has 0 bridgehead atoms. The Morgan fingerprint density at radius 3 is 2.64 bits per heavy atom. The summed E-state index contributed by atoms with van der Waals surface area (Å²) in [6, 6.07) is -2.03. The van der Waals surface area contributed by atoms with Crippen LogP contribution < -0.4 is 27.1 Å². The van der Waals surface area contributed by atoms with Crippen LogP contribution in [0.4, 0.5) is 5.13 Å². The van der Waals surface area contributed by atoms with E-state index in [1.807, 2.05) is 0 Å². The molecule has 1 fully saturated rings. The van der Waals surface area contributed by atoms with Crippen molar-refractivity contribution < 1.29 is 43.0 Å². The predicted molar refractivity (Wildman–Crippen MR) is 146 cm³/mol. The number of H-pyrrole nitrogens is 1. The first-order valence-corrected chi connectivity index (χ1v) is 13.9. The quantitative estimate of drug-likeness (QED) is 0.0528. The molecule has 2 aromatic heterocycles. The average molecular weight is 628 g/mol. The van der Waals surface area contributed by atoms with Crippen molar-refractivity contribution >= 4 is 57.1 Å². The van der Waals surface area contributed by atoms with Crippen LogP contribution in [-0.4, -0.2) is 99.5 Å². The third-order valence-corrected chi connectivity index (χ3v) is 7.24. The number of nitrogens with two attached hydrogens (primary N) is 1. The van der Waals surface area contributed by atoms with Gasteiger partial charge in [-0.05, 0) is 20.8 Å². The minimum atomic E-state index is -2.96. The van der Waals surface area contributed by atoms with Crippen LogP contribution in [0.3, 0.4) is 0 Å². The van der Waals surface area contributed by atoms with Crippen LogP contribution in [0.25, 0.3) is 0 Å². The first kappa shape index (κ1) is 32.1. The molecule has 4 atom stereocenters. The lowest BCUT2D eigenvalue weighted by Gasteiger charge is -2.47. The average Bonchev–Trinajstić information content (AvgIpc) is 3.33. The molecule has 0 aliphatic carbocycles. The number of aromatic nitrogens is 2. The van der Waals surface area contributed by atoms with E-state index in [1.54, 1.807) is 6.92 Å². The number of carboxylic acids is 1. The maximum absolute atomic E-state index is 13.1. The Hall–Kier alpha value is -4.40. The lowest BCUT2D eigenvalue weighted by molar-refractivity contribution is -0.161. The number of β-lactam (4-membered cyclic amide) rings is 1. The van der Waals surface area contributed by atoms with Crippen molar-refractivity contribution in [1.82, 2.24) is 30.2 Å². The number of rotatable bonds is 13. The number of pyridine rings is 1. The molecule has 2 aromatic rings. The van der Waals surface area contributed by atoms with E-state index < -0.39 is 75.6 Å². The van der Waals surface area contributed by atoms with Gasteiger partial charge in [0.1, 0.15) is 17.4 Å². The summed E-state index contributed by atoms with van der Waals surface area (Å²) in [5, 5.41) is 31.5. The molecule has 20 heteroatoms. The van der Waals surface area contributed by atoms with Gasteiger partial charge in [0.25, 0.3) is 17.7 Å². The Kier molecular flexibility index (Phi) is 9.99. The number of hydrogen-bond acceptors (Lipinski definition) is 14. The highest BCUT2D eigenvalue weighted by atomic mass is 32.2. The molecule has 8 N–H and O–H groups in total. The summed E-state index contributed by atoms with van der Waals surface area (Å²) in [6.45, 7) is 3.94. The number of nitrogen functional groups attached to an aromatic ring is 1. The van der Waals surface area contributed by atoms with E-state index in [-0.39, 0.29) is 29.6 Å². The minimum Gasteiger partial charge on any atom is -0.755 e. The van der Waals surface area contributed by atoms with Gasteiger partial charge in [-0.1, -0.05) is 5.16 Å². The second-order valence-corrected chi connectivity index (χ2v) is 11.2. The smallest absolute Gasteiger partial charge is 0.350 e. The van der Waals surface area contributed by atoms with E-state index in [0.717, 1.165) is 23.6 Å². The summed E-state index contributed by atoms with van der Waals surface area (Å²) in [4.78, 5) is 72.4. The number of amides is 3. The molecule has 1 aliphatic rings. The van der Waals surface area contributed by atoms with Gasteiger partial charge in [0.15, 0.2) is 16.6 Å². The third kappa shape index (κ3) is 7.46.